The van der Waals surface area contributed by atoms with Gasteiger partial charge < -0.3 is 14.6 Å². The van der Waals surface area contributed by atoms with Crippen molar-refractivity contribution in [1.82, 2.24) is 19.9 Å². The Morgan fingerprint density at radius 2 is 2.21 bits per heavy atom. The molecule has 5 heteroatoms. The SMILES string of the molecule is COCCNCc1cncn1Cc1ccc(C)nc1. The van der Waals surface area contributed by atoms with Crippen molar-refractivity contribution in [2.24, 2.45) is 0 Å². The molecule has 0 aromatic carbocycles. The highest BCUT2D eigenvalue weighted by Gasteiger charge is 2.03. The molecule has 19 heavy (non-hydrogen) atoms. The summed E-state index contributed by atoms with van der Waals surface area (Å²) in [5.41, 5.74) is 3.38. The van der Waals surface area contributed by atoms with Gasteiger partial charge in [0, 0.05) is 38.3 Å². The zero-order chi connectivity index (χ0) is 13.5. The minimum Gasteiger partial charge on any atom is -0.383 e. The monoisotopic (exact) mass is 260 g/mol. The summed E-state index contributed by atoms with van der Waals surface area (Å²) in [6.07, 6.45) is 5.66. The van der Waals surface area contributed by atoms with E-state index in [9.17, 15) is 0 Å². The quantitative estimate of drug-likeness (QED) is 0.764. The van der Waals surface area contributed by atoms with Crippen molar-refractivity contribution in [2.75, 3.05) is 20.3 Å². The molecule has 0 unspecified atom stereocenters. The number of nitrogens with one attached hydrogen (secondary N) is 1. The summed E-state index contributed by atoms with van der Waals surface area (Å²) in [6, 6.07) is 4.13. The number of nitrogens with zero attached hydrogens (tertiary/aromatic N) is 3. The highest BCUT2D eigenvalue weighted by molar-refractivity contribution is 5.14. The number of pyridine rings is 1. The number of aryl methyl sites for hydroxylation is 1. The van der Waals surface area contributed by atoms with Crippen molar-refractivity contribution in [3.05, 3.63) is 47.8 Å². The van der Waals surface area contributed by atoms with Crippen LogP contribution in [0.3, 0.4) is 0 Å². The van der Waals surface area contributed by atoms with E-state index in [-0.39, 0.29) is 0 Å². The molecule has 0 saturated heterocycles. The summed E-state index contributed by atoms with van der Waals surface area (Å²) in [4.78, 5) is 8.52. The van der Waals surface area contributed by atoms with Gasteiger partial charge in [-0.3, -0.25) is 4.98 Å². The van der Waals surface area contributed by atoms with Gasteiger partial charge in [0.15, 0.2) is 0 Å². The Morgan fingerprint density at radius 1 is 1.32 bits per heavy atom. The van der Waals surface area contributed by atoms with Crippen molar-refractivity contribution in [1.29, 1.82) is 0 Å². The minimum absolute atomic E-state index is 0.718. The third kappa shape index (κ3) is 4.15. The molecule has 2 aromatic rings. The fourth-order valence-electron chi connectivity index (χ4n) is 1.82. The predicted octanol–water partition coefficient (Wildman–Crippen LogP) is 1.37. The molecular formula is C14H20N4O. The van der Waals surface area contributed by atoms with Crippen LogP contribution >= 0.6 is 0 Å². The van der Waals surface area contributed by atoms with E-state index >= 15 is 0 Å². The normalized spacial score (nSPS) is 10.8. The van der Waals surface area contributed by atoms with Crippen molar-refractivity contribution >= 4 is 0 Å². The van der Waals surface area contributed by atoms with E-state index in [0.29, 0.717) is 0 Å². The Balaban J connectivity index is 1.93. The zero-order valence-electron chi connectivity index (χ0n) is 11.5. The summed E-state index contributed by atoms with van der Waals surface area (Å²) in [5, 5.41) is 3.32. The Morgan fingerprint density at radius 3 is 2.95 bits per heavy atom. The summed E-state index contributed by atoms with van der Waals surface area (Å²) >= 11 is 0. The maximum absolute atomic E-state index is 5.01. The molecule has 0 aliphatic carbocycles. The molecule has 0 aliphatic heterocycles. The van der Waals surface area contributed by atoms with Gasteiger partial charge in [0.1, 0.15) is 0 Å². The second-order valence-corrected chi connectivity index (χ2v) is 4.49. The molecule has 0 fully saturated rings. The minimum atomic E-state index is 0.718. The van der Waals surface area contributed by atoms with E-state index in [4.69, 9.17) is 4.74 Å². The van der Waals surface area contributed by atoms with E-state index in [0.717, 1.165) is 37.6 Å². The standard InChI is InChI=1S/C14H20N4O/c1-12-3-4-13(7-17-12)10-18-11-16-9-14(18)8-15-5-6-19-2/h3-4,7,9,11,15H,5-6,8,10H2,1-2H3. The smallest absolute Gasteiger partial charge is 0.0951 e. The fraction of sp³-hybridized carbons (Fsp3) is 0.429. The summed E-state index contributed by atoms with van der Waals surface area (Å²) in [6.45, 7) is 5.15. The van der Waals surface area contributed by atoms with Gasteiger partial charge in [0.05, 0.1) is 25.2 Å². The fourth-order valence-corrected chi connectivity index (χ4v) is 1.82. The van der Waals surface area contributed by atoms with Crippen LogP contribution in [0.1, 0.15) is 17.0 Å². The molecule has 5 nitrogen and oxygen atoms in total. The Labute approximate surface area is 113 Å². The number of hydrogen-bond donors (Lipinski definition) is 1. The van der Waals surface area contributed by atoms with Gasteiger partial charge in [-0.2, -0.15) is 0 Å². The molecule has 0 saturated carbocycles. The first-order valence-corrected chi connectivity index (χ1v) is 6.40. The van der Waals surface area contributed by atoms with E-state index in [1.165, 1.54) is 5.56 Å². The van der Waals surface area contributed by atoms with Crippen molar-refractivity contribution in [3.63, 3.8) is 0 Å². The van der Waals surface area contributed by atoms with Crippen LogP contribution in [0, 0.1) is 6.92 Å². The number of ether oxygens (including phenoxy) is 1. The van der Waals surface area contributed by atoms with Crippen LogP contribution in [-0.4, -0.2) is 34.8 Å². The maximum atomic E-state index is 5.01. The van der Waals surface area contributed by atoms with E-state index < -0.39 is 0 Å². The van der Waals surface area contributed by atoms with Crippen LogP contribution in [0.4, 0.5) is 0 Å². The molecule has 2 aromatic heterocycles. The van der Waals surface area contributed by atoms with Gasteiger partial charge in [-0.25, -0.2) is 4.98 Å². The molecule has 0 bridgehead atoms. The topological polar surface area (TPSA) is 52.0 Å². The van der Waals surface area contributed by atoms with Crippen LogP contribution in [0.25, 0.3) is 0 Å². The lowest BCUT2D eigenvalue weighted by Gasteiger charge is -2.09. The first-order valence-electron chi connectivity index (χ1n) is 6.40. The third-order valence-electron chi connectivity index (χ3n) is 2.91. The lowest BCUT2D eigenvalue weighted by molar-refractivity contribution is 0.199. The number of aromatic nitrogens is 3. The van der Waals surface area contributed by atoms with E-state index in [1.54, 1.807) is 7.11 Å². The highest BCUT2D eigenvalue weighted by Crippen LogP contribution is 2.06. The van der Waals surface area contributed by atoms with Crippen molar-refractivity contribution < 1.29 is 4.74 Å². The Hall–Kier alpha value is -1.72. The van der Waals surface area contributed by atoms with Crippen LogP contribution in [0.5, 0.6) is 0 Å². The van der Waals surface area contributed by atoms with Gasteiger partial charge in [-0.15, -0.1) is 0 Å². The number of rotatable bonds is 7. The van der Waals surface area contributed by atoms with Gasteiger partial charge >= 0.3 is 0 Å². The number of hydrogen-bond acceptors (Lipinski definition) is 4. The van der Waals surface area contributed by atoms with Crippen LogP contribution < -0.4 is 5.32 Å². The molecule has 2 rings (SSSR count). The van der Waals surface area contributed by atoms with Crippen molar-refractivity contribution in [2.45, 2.75) is 20.0 Å². The second-order valence-electron chi connectivity index (χ2n) is 4.49. The largest absolute Gasteiger partial charge is 0.383 e. The molecule has 0 radical (unpaired) electrons. The summed E-state index contributed by atoms with van der Waals surface area (Å²) < 4.78 is 7.14. The third-order valence-corrected chi connectivity index (χ3v) is 2.91. The number of imidazole rings is 1. The van der Waals surface area contributed by atoms with Gasteiger partial charge in [-0.1, -0.05) is 6.07 Å². The lowest BCUT2D eigenvalue weighted by Crippen LogP contribution is -2.20. The van der Waals surface area contributed by atoms with Crippen molar-refractivity contribution in [3.8, 4) is 0 Å². The first-order chi connectivity index (χ1) is 9.29. The van der Waals surface area contributed by atoms with Gasteiger partial charge in [-0.05, 0) is 18.6 Å². The maximum Gasteiger partial charge on any atom is 0.0951 e. The molecule has 0 atom stereocenters. The molecule has 0 spiro atoms. The molecule has 0 aliphatic rings. The van der Waals surface area contributed by atoms with Gasteiger partial charge in [0.2, 0.25) is 0 Å². The summed E-state index contributed by atoms with van der Waals surface area (Å²) in [5.74, 6) is 0. The average molecular weight is 260 g/mol. The van der Waals surface area contributed by atoms with E-state index in [1.807, 2.05) is 31.7 Å². The summed E-state index contributed by atoms with van der Waals surface area (Å²) in [7, 11) is 1.70. The zero-order valence-corrected chi connectivity index (χ0v) is 11.5. The van der Waals surface area contributed by atoms with Gasteiger partial charge in [0.25, 0.3) is 0 Å². The molecule has 1 N–H and O–H groups in total. The lowest BCUT2D eigenvalue weighted by atomic mass is 10.2. The van der Waals surface area contributed by atoms with Crippen LogP contribution in [0.15, 0.2) is 30.9 Å². The molecule has 102 valence electrons. The number of methoxy groups -OCH3 is 1. The second kappa shape index (κ2) is 7.01. The van der Waals surface area contributed by atoms with Crippen LogP contribution in [-0.2, 0) is 17.8 Å². The molecule has 2 heterocycles. The predicted molar refractivity (Wildman–Crippen MR) is 73.9 cm³/mol. The molecule has 0 amide bonds. The first kappa shape index (κ1) is 13.7. The average Bonchev–Trinajstić information content (AvgIpc) is 2.85. The van der Waals surface area contributed by atoms with E-state index in [2.05, 4.69) is 25.9 Å². The Kier molecular flexibility index (Phi) is 5.06. The van der Waals surface area contributed by atoms with Crippen LogP contribution in [0.2, 0.25) is 0 Å². The highest BCUT2D eigenvalue weighted by atomic mass is 16.5. The Bertz CT molecular complexity index is 492. The molecular weight excluding hydrogens is 240 g/mol.